The van der Waals surface area contributed by atoms with Crippen LogP contribution in [0.3, 0.4) is 0 Å². The van der Waals surface area contributed by atoms with Crippen LogP contribution in [0.25, 0.3) is 17.5 Å². The molecule has 0 aliphatic carbocycles. The first-order valence-corrected chi connectivity index (χ1v) is 10.7. The zero-order valence-electron chi connectivity index (χ0n) is 17.6. The van der Waals surface area contributed by atoms with Gasteiger partial charge in [0.2, 0.25) is 5.16 Å². The van der Waals surface area contributed by atoms with E-state index >= 15 is 0 Å². The van der Waals surface area contributed by atoms with Crippen molar-refractivity contribution >= 4 is 39.7 Å². The number of benzene rings is 2. The number of hydrogen-bond acceptors (Lipinski definition) is 8. The Labute approximate surface area is 196 Å². The van der Waals surface area contributed by atoms with Gasteiger partial charge >= 0.3 is 5.97 Å². The number of hydrogen-bond donors (Lipinski definition) is 2. The molecule has 32 heavy (non-hydrogen) atoms. The predicted molar refractivity (Wildman–Crippen MR) is 124 cm³/mol. The average Bonchev–Trinajstić information content (AvgIpc) is 3.27. The van der Waals surface area contributed by atoms with Crippen LogP contribution in [-0.4, -0.2) is 54.7 Å². The molecule has 0 fully saturated rings. The van der Waals surface area contributed by atoms with Crippen LogP contribution in [0, 0.1) is 0 Å². The third kappa shape index (κ3) is 5.35. The summed E-state index contributed by atoms with van der Waals surface area (Å²) in [5, 5.41) is 16.9. The van der Waals surface area contributed by atoms with E-state index in [0.717, 1.165) is 11.8 Å². The van der Waals surface area contributed by atoms with Crippen molar-refractivity contribution in [2.24, 2.45) is 0 Å². The van der Waals surface area contributed by atoms with Crippen LogP contribution in [0.5, 0.6) is 23.0 Å². The first-order valence-electron chi connectivity index (χ1n) is 9.08. The van der Waals surface area contributed by atoms with Gasteiger partial charge in [0.05, 0.1) is 32.9 Å². The Morgan fingerprint density at radius 1 is 1.00 bits per heavy atom. The smallest absolute Gasteiger partial charge is 0.342 e. The molecule has 0 radical (unpaired) electrons. The fourth-order valence-corrected chi connectivity index (χ4v) is 3.96. The molecule has 2 N–H and O–H groups in total. The lowest BCUT2D eigenvalue weighted by Crippen LogP contribution is -1.98. The number of carboxylic acid groups (broad SMARTS) is 1. The first-order chi connectivity index (χ1) is 15.4. The lowest BCUT2D eigenvalue weighted by molar-refractivity contribution is -0.131. The van der Waals surface area contributed by atoms with Crippen LogP contribution in [-0.2, 0) is 4.79 Å². The molecule has 0 atom stereocenters. The standard InChI is InChI=1S/C21H20BrN3O6S/c1-28-13-5-12(6-14(9-13)29-2)19-23-21(25-24-19)32-18(20(26)27)8-11-7-15(22)17(31-4)10-16(11)30-3/h5-10H,1-4H3,(H,26,27)(H,23,24,25)/b18-8-. The van der Waals surface area contributed by atoms with Crippen LogP contribution in [0.15, 0.2) is 44.9 Å². The molecule has 0 amide bonds. The summed E-state index contributed by atoms with van der Waals surface area (Å²) in [6.07, 6.45) is 1.49. The van der Waals surface area contributed by atoms with Crippen molar-refractivity contribution in [3.05, 3.63) is 45.3 Å². The maximum absolute atomic E-state index is 11.9. The van der Waals surface area contributed by atoms with Gasteiger partial charge in [0, 0.05) is 23.3 Å². The average molecular weight is 522 g/mol. The van der Waals surface area contributed by atoms with Gasteiger partial charge in [0.25, 0.3) is 0 Å². The molecule has 1 heterocycles. The number of aliphatic carboxylic acids is 1. The molecular formula is C21H20BrN3O6S. The molecule has 11 heteroatoms. The molecule has 168 valence electrons. The molecule has 0 saturated carbocycles. The van der Waals surface area contributed by atoms with E-state index in [2.05, 4.69) is 31.1 Å². The molecule has 0 saturated heterocycles. The van der Waals surface area contributed by atoms with Crippen molar-refractivity contribution in [2.45, 2.75) is 5.16 Å². The third-order valence-electron chi connectivity index (χ3n) is 4.29. The Kier molecular flexibility index (Phi) is 7.65. The maximum atomic E-state index is 11.9. The van der Waals surface area contributed by atoms with Crippen molar-refractivity contribution in [3.8, 4) is 34.4 Å². The van der Waals surface area contributed by atoms with Gasteiger partial charge in [0.1, 0.15) is 27.9 Å². The van der Waals surface area contributed by atoms with Gasteiger partial charge in [-0.2, -0.15) is 0 Å². The Morgan fingerprint density at radius 3 is 2.22 bits per heavy atom. The summed E-state index contributed by atoms with van der Waals surface area (Å²) in [6.45, 7) is 0. The number of aromatic nitrogens is 3. The lowest BCUT2D eigenvalue weighted by Gasteiger charge is -2.10. The summed E-state index contributed by atoms with van der Waals surface area (Å²) in [5.41, 5.74) is 1.24. The number of ether oxygens (including phenoxy) is 4. The number of rotatable bonds is 9. The molecule has 3 aromatic rings. The number of carbonyl (C=O) groups is 1. The minimum absolute atomic E-state index is 0.00846. The zero-order valence-corrected chi connectivity index (χ0v) is 20.0. The van der Waals surface area contributed by atoms with E-state index in [4.69, 9.17) is 18.9 Å². The fraction of sp³-hybridized carbons (Fsp3) is 0.190. The quantitative estimate of drug-likeness (QED) is 0.310. The largest absolute Gasteiger partial charge is 0.497 e. The second-order valence-corrected chi connectivity index (χ2v) is 8.08. The summed E-state index contributed by atoms with van der Waals surface area (Å²) in [4.78, 5) is 16.3. The second-order valence-electron chi connectivity index (χ2n) is 6.21. The van der Waals surface area contributed by atoms with Crippen LogP contribution in [0.2, 0.25) is 0 Å². The van der Waals surface area contributed by atoms with Gasteiger partial charge in [-0.15, -0.1) is 5.10 Å². The number of thioether (sulfide) groups is 1. The van der Waals surface area contributed by atoms with Gasteiger partial charge in [-0.3, -0.25) is 5.10 Å². The highest BCUT2D eigenvalue weighted by atomic mass is 79.9. The summed E-state index contributed by atoms with van der Waals surface area (Å²) in [7, 11) is 6.13. The summed E-state index contributed by atoms with van der Waals surface area (Å²) in [5.74, 6) is 1.53. The molecule has 0 unspecified atom stereocenters. The molecule has 1 aromatic heterocycles. The van der Waals surface area contributed by atoms with Crippen molar-refractivity contribution in [1.82, 2.24) is 15.2 Å². The monoisotopic (exact) mass is 521 g/mol. The summed E-state index contributed by atoms with van der Waals surface area (Å²) >= 11 is 4.31. The number of H-pyrrole nitrogens is 1. The SMILES string of the molecule is COc1cc(OC)cc(-c2nc(S/C(=C\c3cc(Br)c(OC)cc3OC)C(=O)O)n[nH]2)c1. The van der Waals surface area contributed by atoms with E-state index in [0.29, 0.717) is 44.4 Å². The minimum atomic E-state index is -1.13. The number of carboxylic acids is 1. The topological polar surface area (TPSA) is 116 Å². The van der Waals surface area contributed by atoms with E-state index < -0.39 is 5.97 Å². The van der Waals surface area contributed by atoms with Crippen molar-refractivity contribution in [1.29, 1.82) is 0 Å². The Hall–Kier alpha value is -3.18. The molecule has 9 nitrogen and oxygen atoms in total. The van der Waals surface area contributed by atoms with Gasteiger partial charge in [-0.25, -0.2) is 9.78 Å². The fourth-order valence-electron chi connectivity index (χ4n) is 2.74. The third-order valence-corrected chi connectivity index (χ3v) is 5.79. The Morgan fingerprint density at radius 2 is 1.66 bits per heavy atom. The van der Waals surface area contributed by atoms with E-state index in [1.165, 1.54) is 20.3 Å². The highest BCUT2D eigenvalue weighted by Gasteiger charge is 2.17. The second kappa shape index (κ2) is 10.4. The molecule has 0 aliphatic rings. The first kappa shape index (κ1) is 23.5. The number of methoxy groups -OCH3 is 4. The number of aromatic amines is 1. The van der Waals surface area contributed by atoms with Crippen LogP contribution < -0.4 is 18.9 Å². The number of nitrogens with zero attached hydrogens (tertiary/aromatic N) is 2. The maximum Gasteiger partial charge on any atom is 0.342 e. The number of halogens is 1. The molecular weight excluding hydrogens is 502 g/mol. The van der Waals surface area contributed by atoms with E-state index in [1.54, 1.807) is 44.6 Å². The minimum Gasteiger partial charge on any atom is -0.497 e. The highest BCUT2D eigenvalue weighted by molar-refractivity contribution is 9.10. The molecule has 0 bridgehead atoms. The summed E-state index contributed by atoms with van der Waals surface area (Å²) in [6, 6.07) is 8.66. The molecule has 2 aromatic carbocycles. The molecule has 0 spiro atoms. The van der Waals surface area contributed by atoms with Crippen molar-refractivity contribution < 1.29 is 28.8 Å². The highest BCUT2D eigenvalue weighted by Crippen LogP contribution is 2.36. The Bertz CT molecular complexity index is 1140. The van der Waals surface area contributed by atoms with E-state index in [9.17, 15) is 9.90 Å². The Balaban J connectivity index is 1.93. The van der Waals surface area contributed by atoms with Gasteiger partial charge in [-0.1, -0.05) is 0 Å². The van der Waals surface area contributed by atoms with Gasteiger partial charge in [-0.05, 0) is 52.0 Å². The van der Waals surface area contributed by atoms with Crippen LogP contribution in [0.4, 0.5) is 0 Å². The zero-order chi connectivity index (χ0) is 23.3. The van der Waals surface area contributed by atoms with Gasteiger partial charge < -0.3 is 24.1 Å². The summed E-state index contributed by atoms with van der Waals surface area (Å²) < 4.78 is 21.8. The van der Waals surface area contributed by atoms with Crippen molar-refractivity contribution in [3.63, 3.8) is 0 Å². The molecule has 0 aliphatic heterocycles. The van der Waals surface area contributed by atoms with Crippen LogP contribution >= 0.6 is 27.7 Å². The predicted octanol–water partition coefficient (Wildman–Crippen LogP) is 4.49. The normalized spacial score (nSPS) is 11.2. The lowest BCUT2D eigenvalue weighted by atomic mass is 10.1. The van der Waals surface area contributed by atoms with E-state index in [-0.39, 0.29) is 10.1 Å². The van der Waals surface area contributed by atoms with E-state index in [1.807, 2.05) is 0 Å². The van der Waals surface area contributed by atoms with Crippen molar-refractivity contribution in [2.75, 3.05) is 28.4 Å². The van der Waals surface area contributed by atoms with Crippen LogP contribution in [0.1, 0.15) is 5.56 Å². The van der Waals surface area contributed by atoms with Gasteiger partial charge in [0.15, 0.2) is 5.82 Å². The number of nitrogens with one attached hydrogen (secondary N) is 1. The molecule has 3 rings (SSSR count).